The zero-order valence-corrected chi connectivity index (χ0v) is 17.3. The van der Waals surface area contributed by atoms with E-state index in [1.807, 2.05) is 63.2 Å². The van der Waals surface area contributed by atoms with Crippen molar-refractivity contribution in [3.63, 3.8) is 0 Å². The van der Waals surface area contributed by atoms with Crippen LogP contribution in [-0.4, -0.2) is 28.6 Å². The molecule has 1 N–H and O–H groups in total. The van der Waals surface area contributed by atoms with Crippen molar-refractivity contribution in [3.05, 3.63) is 59.4 Å². The third-order valence-corrected chi connectivity index (χ3v) is 4.77. The highest BCUT2D eigenvalue weighted by Gasteiger charge is 2.20. The Bertz CT molecular complexity index is 960. The van der Waals surface area contributed by atoms with Gasteiger partial charge in [0.2, 0.25) is 5.91 Å². The predicted octanol–water partition coefficient (Wildman–Crippen LogP) is 4.47. The van der Waals surface area contributed by atoms with Crippen LogP contribution in [0, 0.1) is 5.41 Å². The normalized spacial score (nSPS) is 11.6. The summed E-state index contributed by atoms with van der Waals surface area (Å²) in [4.78, 5) is 16.8. The molecule has 0 aliphatic heterocycles. The Morgan fingerprint density at radius 2 is 1.86 bits per heavy atom. The number of benzene rings is 2. The van der Waals surface area contributed by atoms with E-state index < -0.39 is 5.41 Å². The van der Waals surface area contributed by atoms with Crippen LogP contribution < -0.4 is 10.1 Å². The number of ether oxygens (including phenoxy) is 1. The standard InChI is InChI=1S/C22H26ClN3O2/c1-22(2,3)21(27)24-13-12-20-25-17-9-5-6-10-18(17)26(20)14-15-28-19-11-7-4-8-16(19)23/h4-11H,12-15H2,1-3H3,(H,24,27). The second kappa shape index (κ2) is 8.65. The van der Waals surface area contributed by atoms with E-state index in [0.29, 0.717) is 36.9 Å². The van der Waals surface area contributed by atoms with Crippen LogP contribution in [0.5, 0.6) is 5.75 Å². The van der Waals surface area contributed by atoms with Crippen molar-refractivity contribution in [1.82, 2.24) is 14.9 Å². The molecule has 1 amide bonds. The van der Waals surface area contributed by atoms with Crippen LogP contribution in [0.1, 0.15) is 26.6 Å². The van der Waals surface area contributed by atoms with Crippen LogP contribution in [0.2, 0.25) is 5.02 Å². The van der Waals surface area contributed by atoms with Gasteiger partial charge >= 0.3 is 0 Å². The minimum absolute atomic E-state index is 0.0391. The fourth-order valence-corrected chi connectivity index (χ4v) is 3.12. The molecule has 0 aliphatic carbocycles. The first kappa shape index (κ1) is 20.2. The van der Waals surface area contributed by atoms with E-state index in [0.717, 1.165) is 16.9 Å². The molecular formula is C22H26ClN3O2. The van der Waals surface area contributed by atoms with E-state index in [4.69, 9.17) is 21.3 Å². The molecule has 3 aromatic rings. The number of halogens is 1. The second-order valence-electron chi connectivity index (χ2n) is 7.70. The summed E-state index contributed by atoms with van der Waals surface area (Å²) in [6.45, 7) is 7.39. The van der Waals surface area contributed by atoms with E-state index in [2.05, 4.69) is 16.0 Å². The van der Waals surface area contributed by atoms with Crippen LogP contribution in [0.3, 0.4) is 0 Å². The van der Waals surface area contributed by atoms with Gasteiger partial charge in [-0.1, -0.05) is 56.6 Å². The molecule has 0 atom stereocenters. The van der Waals surface area contributed by atoms with Crippen LogP contribution in [-0.2, 0) is 17.8 Å². The van der Waals surface area contributed by atoms with Gasteiger partial charge in [-0.3, -0.25) is 4.79 Å². The first-order chi connectivity index (χ1) is 13.4. The van der Waals surface area contributed by atoms with Gasteiger partial charge in [-0.05, 0) is 24.3 Å². The minimum Gasteiger partial charge on any atom is -0.490 e. The van der Waals surface area contributed by atoms with Gasteiger partial charge in [0.25, 0.3) is 0 Å². The average Bonchev–Trinajstić information content (AvgIpc) is 3.00. The molecule has 1 heterocycles. The molecule has 1 aromatic heterocycles. The maximum Gasteiger partial charge on any atom is 0.225 e. The molecule has 5 nitrogen and oxygen atoms in total. The van der Waals surface area contributed by atoms with Crippen molar-refractivity contribution in [1.29, 1.82) is 0 Å². The maximum atomic E-state index is 12.1. The van der Waals surface area contributed by atoms with Crippen molar-refractivity contribution in [2.75, 3.05) is 13.2 Å². The maximum absolute atomic E-state index is 12.1. The first-order valence-electron chi connectivity index (χ1n) is 9.46. The lowest BCUT2D eigenvalue weighted by atomic mass is 9.96. The lowest BCUT2D eigenvalue weighted by Crippen LogP contribution is -2.36. The minimum atomic E-state index is -0.400. The molecule has 6 heteroatoms. The average molecular weight is 400 g/mol. The number of hydrogen-bond donors (Lipinski definition) is 1. The molecule has 28 heavy (non-hydrogen) atoms. The van der Waals surface area contributed by atoms with E-state index in [-0.39, 0.29) is 5.91 Å². The number of fused-ring (bicyclic) bond motifs is 1. The van der Waals surface area contributed by atoms with Crippen molar-refractivity contribution in [3.8, 4) is 5.75 Å². The molecule has 0 radical (unpaired) electrons. The van der Waals surface area contributed by atoms with Gasteiger partial charge in [0, 0.05) is 18.4 Å². The fraction of sp³-hybridized carbons (Fsp3) is 0.364. The molecule has 3 rings (SSSR count). The highest BCUT2D eigenvalue weighted by Crippen LogP contribution is 2.23. The number of rotatable bonds is 7. The lowest BCUT2D eigenvalue weighted by molar-refractivity contribution is -0.128. The molecule has 0 aliphatic rings. The smallest absolute Gasteiger partial charge is 0.225 e. The number of hydrogen-bond acceptors (Lipinski definition) is 3. The topological polar surface area (TPSA) is 56.2 Å². The summed E-state index contributed by atoms with van der Waals surface area (Å²) < 4.78 is 8.00. The van der Waals surface area contributed by atoms with E-state index in [9.17, 15) is 4.79 Å². The summed E-state index contributed by atoms with van der Waals surface area (Å²) in [7, 11) is 0. The summed E-state index contributed by atoms with van der Waals surface area (Å²) in [5, 5.41) is 3.59. The van der Waals surface area contributed by atoms with Crippen molar-refractivity contribution < 1.29 is 9.53 Å². The largest absolute Gasteiger partial charge is 0.490 e. The van der Waals surface area contributed by atoms with E-state index in [1.54, 1.807) is 0 Å². The number of para-hydroxylation sites is 3. The van der Waals surface area contributed by atoms with Gasteiger partial charge < -0.3 is 14.6 Å². The molecule has 0 saturated carbocycles. The molecule has 0 saturated heterocycles. The van der Waals surface area contributed by atoms with Crippen LogP contribution in [0.4, 0.5) is 0 Å². The summed E-state index contributed by atoms with van der Waals surface area (Å²) in [5.41, 5.74) is 1.60. The Balaban J connectivity index is 1.70. The molecule has 0 spiro atoms. The second-order valence-corrected chi connectivity index (χ2v) is 8.11. The third kappa shape index (κ3) is 4.84. The Kier molecular flexibility index (Phi) is 6.25. The van der Waals surface area contributed by atoms with Crippen LogP contribution >= 0.6 is 11.6 Å². The summed E-state index contributed by atoms with van der Waals surface area (Å²) in [5.74, 6) is 1.64. The van der Waals surface area contributed by atoms with Gasteiger partial charge in [-0.2, -0.15) is 0 Å². The number of carbonyl (C=O) groups is 1. The molecule has 2 aromatic carbocycles. The highest BCUT2D eigenvalue weighted by molar-refractivity contribution is 6.32. The monoisotopic (exact) mass is 399 g/mol. The van der Waals surface area contributed by atoms with Crippen molar-refractivity contribution in [2.24, 2.45) is 5.41 Å². The predicted molar refractivity (Wildman–Crippen MR) is 113 cm³/mol. The van der Waals surface area contributed by atoms with Crippen LogP contribution in [0.25, 0.3) is 11.0 Å². The van der Waals surface area contributed by atoms with Gasteiger partial charge in [0.15, 0.2) is 0 Å². The van der Waals surface area contributed by atoms with E-state index >= 15 is 0 Å². The van der Waals surface area contributed by atoms with Gasteiger partial charge in [-0.15, -0.1) is 0 Å². The molecule has 0 unspecified atom stereocenters. The molecule has 0 fully saturated rings. The molecular weight excluding hydrogens is 374 g/mol. The Morgan fingerprint density at radius 1 is 1.14 bits per heavy atom. The molecule has 0 bridgehead atoms. The quantitative estimate of drug-likeness (QED) is 0.637. The zero-order valence-electron chi connectivity index (χ0n) is 16.5. The number of imidazole rings is 1. The summed E-state index contributed by atoms with van der Waals surface area (Å²) in [6, 6.07) is 15.5. The molecule has 148 valence electrons. The first-order valence-corrected chi connectivity index (χ1v) is 9.84. The van der Waals surface area contributed by atoms with Crippen LogP contribution in [0.15, 0.2) is 48.5 Å². The number of amides is 1. The fourth-order valence-electron chi connectivity index (χ4n) is 2.93. The third-order valence-electron chi connectivity index (χ3n) is 4.46. The highest BCUT2D eigenvalue weighted by atomic mass is 35.5. The SMILES string of the molecule is CC(C)(C)C(=O)NCCc1nc2ccccc2n1CCOc1ccccc1Cl. The van der Waals surface area contributed by atoms with E-state index in [1.165, 1.54) is 0 Å². The lowest BCUT2D eigenvalue weighted by Gasteiger charge is -2.17. The Labute approximate surface area is 170 Å². The summed E-state index contributed by atoms with van der Waals surface area (Å²) >= 11 is 6.16. The van der Waals surface area contributed by atoms with Gasteiger partial charge in [0.1, 0.15) is 18.2 Å². The number of carbonyl (C=O) groups excluding carboxylic acids is 1. The van der Waals surface area contributed by atoms with Gasteiger partial charge in [0.05, 0.1) is 22.6 Å². The zero-order chi connectivity index (χ0) is 20.1. The summed E-state index contributed by atoms with van der Waals surface area (Å²) in [6.07, 6.45) is 0.655. The number of nitrogens with zero attached hydrogens (tertiary/aromatic N) is 2. The van der Waals surface area contributed by atoms with Crippen molar-refractivity contribution in [2.45, 2.75) is 33.7 Å². The Hall–Kier alpha value is -2.53. The number of aromatic nitrogens is 2. The van der Waals surface area contributed by atoms with Gasteiger partial charge in [-0.25, -0.2) is 4.98 Å². The Morgan fingerprint density at radius 3 is 2.61 bits per heavy atom. The number of nitrogens with one attached hydrogen (secondary N) is 1. The van der Waals surface area contributed by atoms with Crippen molar-refractivity contribution >= 4 is 28.5 Å².